The third-order valence-electron chi connectivity index (χ3n) is 5.98. The predicted molar refractivity (Wildman–Crippen MR) is 135 cm³/mol. The first kappa shape index (κ1) is 22.6. The van der Waals surface area contributed by atoms with Crippen LogP contribution in [0, 0.1) is 6.92 Å². The van der Waals surface area contributed by atoms with E-state index < -0.39 is 12.0 Å². The number of fused-ring (bicyclic) bond motifs is 2. The van der Waals surface area contributed by atoms with Gasteiger partial charge in [-0.2, -0.15) is 0 Å². The second kappa shape index (κ2) is 8.56. The first-order valence-corrected chi connectivity index (χ1v) is 11.3. The SMILES string of the molecule is Cc1cc([C@@H](C)Nc2ccc(Cl)nc2C(=O)O)c2nc(-c3cccc4ccoc34)n(C)c(=O)c2c1. The molecule has 3 aromatic heterocycles. The fraction of sp³-hybridized carbons (Fsp3) is 0.154. The summed E-state index contributed by atoms with van der Waals surface area (Å²) in [6.45, 7) is 3.78. The van der Waals surface area contributed by atoms with E-state index in [0.29, 0.717) is 33.6 Å². The van der Waals surface area contributed by atoms with Gasteiger partial charge in [-0.3, -0.25) is 9.36 Å². The summed E-state index contributed by atoms with van der Waals surface area (Å²) in [5, 5.41) is 14.2. The molecular formula is C26H21ClN4O4. The van der Waals surface area contributed by atoms with Gasteiger partial charge in [0.2, 0.25) is 0 Å². The molecule has 0 aliphatic rings. The standard InChI is InChI=1S/C26H21ClN4O4/c1-13-11-17(14(2)28-19-7-8-20(27)29-22(19)26(33)34)21-18(12-13)25(32)31(3)24(30-21)16-6-4-5-15-9-10-35-23(15)16/h4-12,14,28H,1-3H3,(H,33,34)/t14-/m1/s1. The molecule has 2 aromatic carbocycles. The van der Waals surface area contributed by atoms with Gasteiger partial charge < -0.3 is 14.8 Å². The Bertz CT molecular complexity index is 1690. The molecule has 2 N–H and O–H groups in total. The van der Waals surface area contributed by atoms with Crippen LogP contribution >= 0.6 is 11.6 Å². The molecule has 0 unspecified atom stereocenters. The Morgan fingerprint density at radius 1 is 1.17 bits per heavy atom. The molecule has 0 radical (unpaired) electrons. The minimum atomic E-state index is -1.20. The molecule has 0 aliphatic heterocycles. The van der Waals surface area contributed by atoms with Crippen molar-refractivity contribution in [1.82, 2.24) is 14.5 Å². The van der Waals surface area contributed by atoms with E-state index in [9.17, 15) is 14.7 Å². The van der Waals surface area contributed by atoms with Crippen LogP contribution in [0.4, 0.5) is 5.69 Å². The molecule has 0 amide bonds. The maximum atomic E-state index is 13.4. The van der Waals surface area contributed by atoms with Gasteiger partial charge in [0.15, 0.2) is 5.69 Å². The molecule has 0 aliphatic carbocycles. The van der Waals surface area contributed by atoms with E-state index in [-0.39, 0.29) is 16.4 Å². The van der Waals surface area contributed by atoms with Gasteiger partial charge in [-0.05, 0) is 49.7 Å². The number of benzene rings is 2. The van der Waals surface area contributed by atoms with Crippen LogP contribution in [0.5, 0.6) is 0 Å². The van der Waals surface area contributed by atoms with Gasteiger partial charge in [0.05, 0.1) is 34.5 Å². The molecule has 3 heterocycles. The normalized spacial score (nSPS) is 12.2. The van der Waals surface area contributed by atoms with Gasteiger partial charge in [-0.15, -0.1) is 0 Å². The van der Waals surface area contributed by atoms with Gasteiger partial charge >= 0.3 is 5.97 Å². The second-order valence-corrected chi connectivity index (χ2v) is 8.78. The Morgan fingerprint density at radius 2 is 1.97 bits per heavy atom. The molecule has 35 heavy (non-hydrogen) atoms. The lowest BCUT2D eigenvalue weighted by Crippen LogP contribution is -2.22. The van der Waals surface area contributed by atoms with E-state index in [2.05, 4.69) is 10.3 Å². The number of aryl methyl sites for hydroxylation is 1. The third kappa shape index (κ3) is 3.91. The van der Waals surface area contributed by atoms with Crippen LogP contribution < -0.4 is 10.9 Å². The topological polar surface area (TPSA) is 110 Å². The molecule has 0 spiro atoms. The molecular weight excluding hydrogens is 468 g/mol. The Labute approximate surface area is 204 Å². The number of carboxylic acids is 1. The van der Waals surface area contributed by atoms with Gasteiger partial charge in [-0.25, -0.2) is 14.8 Å². The predicted octanol–water partition coefficient (Wildman–Crippen LogP) is 5.57. The Morgan fingerprint density at radius 3 is 2.74 bits per heavy atom. The monoisotopic (exact) mass is 488 g/mol. The van der Waals surface area contributed by atoms with E-state index in [1.165, 1.54) is 10.6 Å². The third-order valence-corrected chi connectivity index (χ3v) is 6.19. The van der Waals surface area contributed by atoms with E-state index in [0.717, 1.165) is 16.5 Å². The molecule has 0 bridgehead atoms. The minimum absolute atomic E-state index is 0.0866. The highest BCUT2D eigenvalue weighted by atomic mass is 35.5. The largest absolute Gasteiger partial charge is 0.476 e. The zero-order valence-corrected chi connectivity index (χ0v) is 19.9. The summed E-state index contributed by atoms with van der Waals surface area (Å²) in [4.78, 5) is 34.0. The van der Waals surface area contributed by atoms with Crippen molar-refractivity contribution in [2.45, 2.75) is 19.9 Å². The lowest BCUT2D eigenvalue weighted by Gasteiger charge is -2.20. The van der Waals surface area contributed by atoms with Crippen molar-refractivity contribution >= 4 is 45.1 Å². The van der Waals surface area contributed by atoms with Gasteiger partial charge in [0, 0.05) is 18.0 Å². The van der Waals surface area contributed by atoms with Gasteiger partial charge in [-0.1, -0.05) is 29.8 Å². The van der Waals surface area contributed by atoms with Crippen LogP contribution in [0.15, 0.2) is 64.0 Å². The van der Waals surface area contributed by atoms with Crippen molar-refractivity contribution in [1.29, 1.82) is 0 Å². The molecule has 1 atom stereocenters. The smallest absolute Gasteiger partial charge is 0.356 e. The van der Waals surface area contributed by atoms with Crippen molar-refractivity contribution in [2.75, 3.05) is 5.32 Å². The number of aromatic nitrogens is 3. The first-order chi connectivity index (χ1) is 16.7. The number of hydrogen-bond acceptors (Lipinski definition) is 6. The number of aromatic carboxylic acids is 1. The highest BCUT2D eigenvalue weighted by Gasteiger charge is 2.21. The summed E-state index contributed by atoms with van der Waals surface area (Å²) in [6, 6.07) is 14.0. The molecule has 0 saturated carbocycles. The van der Waals surface area contributed by atoms with E-state index in [1.54, 1.807) is 19.4 Å². The number of furan rings is 1. The summed E-state index contributed by atoms with van der Waals surface area (Å²) in [5.41, 5.74) is 3.44. The summed E-state index contributed by atoms with van der Waals surface area (Å²) in [7, 11) is 1.69. The zero-order valence-electron chi connectivity index (χ0n) is 19.2. The highest BCUT2D eigenvalue weighted by molar-refractivity contribution is 6.29. The minimum Gasteiger partial charge on any atom is -0.476 e. The number of rotatable bonds is 5. The number of para-hydroxylation sites is 1. The molecule has 0 fully saturated rings. The van der Waals surface area contributed by atoms with E-state index >= 15 is 0 Å². The molecule has 5 aromatic rings. The van der Waals surface area contributed by atoms with Crippen molar-refractivity contribution in [3.63, 3.8) is 0 Å². The number of carbonyl (C=O) groups is 1. The number of anilines is 1. The highest BCUT2D eigenvalue weighted by Crippen LogP contribution is 2.32. The molecule has 5 rings (SSSR count). The lowest BCUT2D eigenvalue weighted by molar-refractivity contribution is 0.0691. The van der Waals surface area contributed by atoms with Crippen LogP contribution in [-0.4, -0.2) is 25.6 Å². The van der Waals surface area contributed by atoms with Crippen molar-refractivity contribution in [3.8, 4) is 11.4 Å². The molecule has 9 heteroatoms. The van der Waals surface area contributed by atoms with Crippen LogP contribution in [0.2, 0.25) is 5.15 Å². The fourth-order valence-electron chi connectivity index (χ4n) is 4.32. The fourth-order valence-corrected chi connectivity index (χ4v) is 4.47. The summed E-state index contributed by atoms with van der Waals surface area (Å²) >= 11 is 5.90. The van der Waals surface area contributed by atoms with Crippen LogP contribution in [0.3, 0.4) is 0 Å². The molecule has 8 nitrogen and oxygen atoms in total. The first-order valence-electron chi connectivity index (χ1n) is 10.9. The van der Waals surface area contributed by atoms with Gasteiger partial charge in [0.25, 0.3) is 5.56 Å². The van der Waals surface area contributed by atoms with Crippen molar-refractivity contribution < 1.29 is 14.3 Å². The maximum Gasteiger partial charge on any atom is 0.356 e. The molecule has 0 saturated heterocycles. The lowest BCUT2D eigenvalue weighted by atomic mass is 10.0. The zero-order chi connectivity index (χ0) is 24.9. The average Bonchev–Trinajstić information content (AvgIpc) is 3.31. The van der Waals surface area contributed by atoms with Crippen molar-refractivity contribution in [2.24, 2.45) is 7.05 Å². The number of nitrogens with zero attached hydrogens (tertiary/aromatic N) is 3. The Kier molecular flexibility index (Phi) is 5.53. The number of hydrogen-bond donors (Lipinski definition) is 2. The van der Waals surface area contributed by atoms with Crippen LogP contribution in [0.1, 0.15) is 34.6 Å². The van der Waals surface area contributed by atoms with E-state index in [4.69, 9.17) is 21.0 Å². The Balaban J connectivity index is 1.70. The molecule has 176 valence electrons. The van der Waals surface area contributed by atoms with Crippen LogP contribution in [0.25, 0.3) is 33.3 Å². The quantitative estimate of drug-likeness (QED) is 0.311. The summed E-state index contributed by atoms with van der Waals surface area (Å²) in [5.74, 6) is -0.725. The second-order valence-electron chi connectivity index (χ2n) is 8.40. The van der Waals surface area contributed by atoms with Crippen LogP contribution in [-0.2, 0) is 7.05 Å². The van der Waals surface area contributed by atoms with E-state index in [1.807, 2.05) is 50.2 Å². The van der Waals surface area contributed by atoms with Crippen molar-refractivity contribution in [3.05, 3.63) is 87.1 Å². The number of halogens is 1. The Hall–Kier alpha value is -4.17. The number of pyridine rings is 1. The number of carboxylic acid groups (broad SMARTS) is 1. The number of nitrogens with one attached hydrogen (secondary N) is 1. The van der Waals surface area contributed by atoms with Gasteiger partial charge in [0.1, 0.15) is 16.6 Å². The average molecular weight is 489 g/mol. The summed E-state index contributed by atoms with van der Waals surface area (Å²) < 4.78 is 7.21. The maximum absolute atomic E-state index is 13.4. The summed E-state index contributed by atoms with van der Waals surface area (Å²) in [6.07, 6.45) is 1.61.